The molecule has 0 heterocycles. The van der Waals surface area contributed by atoms with E-state index < -0.39 is 0 Å². The Labute approximate surface area is 116 Å². The van der Waals surface area contributed by atoms with E-state index >= 15 is 0 Å². The van der Waals surface area contributed by atoms with Gasteiger partial charge in [0.05, 0.1) is 6.54 Å². The minimum absolute atomic E-state index is 0.0996. The molecule has 1 saturated carbocycles. The predicted octanol–water partition coefficient (Wildman–Crippen LogP) is 0.880. The van der Waals surface area contributed by atoms with Crippen molar-refractivity contribution in [2.75, 3.05) is 25.0 Å². The van der Waals surface area contributed by atoms with Crippen molar-refractivity contribution in [1.29, 1.82) is 0 Å². The zero-order valence-electron chi connectivity index (χ0n) is 11.1. The molecule has 1 fully saturated rings. The van der Waals surface area contributed by atoms with Gasteiger partial charge in [-0.2, -0.15) is 0 Å². The van der Waals surface area contributed by atoms with Crippen LogP contribution >= 0.6 is 0 Å². The van der Waals surface area contributed by atoms with Crippen molar-refractivity contribution in [2.24, 2.45) is 5.92 Å². The molecule has 1 aromatic rings. The van der Waals surface area contributed by atoms with E-state index in [0.717, 1.165) is 12.8 Å². The monoisotopic (exact) mass is 279 g/mol. The summed E-state index contributed by atoms with van der Waals surface area (Å²) in [4.78, 5) is 22.9. The maximum absolute atomic E-state index is 12.7. The van der Waals surface area contributed by atoms with Crippen LogP contribution in [0.1, 0.15) is 12.8 Å². The molecule has 0 unspecified atom stereocenters. The van der Waals surface area contributed by atoms with Gasteiger partial charge < -0.3 is 16.0 Å². The topological polar surface area (TPSA) is 70.2 Å². The number of carbonyl (C=O) groups excluding carboxylic acids is 2. The molecule has 5 nitrogen and oxygen atoms in total. The number of benzene rings is 1. The summed E-state index contributed by atoms with van der Waals surface area (Å²) < 4.78 is 12.7. The first-order valence-electron chi connectivity index (χ1n) is 6.69. The van der Waals surface area contributed by atoms with Crippen LogP contribution < -0.4 is 16.0 Å². The molecule has 20 heavy (non-hydrogen) atoms. The highest BCUT2D eigenvalue weighted by molar-refractivity contribution is 5.92. The molecule has 0 spiro atoms. The average Bonchev–Trinajstić information content (AvgIpc) is 3.25. The molecule has 0 bridgehead atoms. The lowest BCUT2D eigenvalue weighted by atomic mass is 10.3. The molecule has 6 heteroatoms. The Balaban J connectivity index is 1.55. The highest BCUT2D eigenvalue weighted by atomic mass is 19.1. The average molecular weight is 279 g/mol. The van der Waals surface area contributed by atoms with Crippen LogP contribution in [0.15, 0.2) is 24.3 Å². The van der Waals surface area contributed by atoms with Crippen molar-refractivity contribution in [2.45, 2.75) is 12.8 Å². The second kappa shape index (κ2) is 7.00. The molecular formula is C14H18FN3O2. The minimum atomic E-state index is -0.340. The third-order valence-corrected chi connectivity index (χ3v) is 2.96. The van der Waals surface area contributed by atoms with E-state index in [1.807, 2.05) is 0 Å². The highest BCUT2D eigenvalue weighted by Gasteiger charge is 2.28. The van der Waals surface area contributed by atoms with Crippen LogP contribution in [0.5, 0.6) is 0 Å². The molecule has 108 valence electrons. The lowest BCUT2D eigenvalue weighted by Gasteiger charge is -2.07. The normalized spacial score (nSPS) is 13.8. The Bertz CT molecular complexity index is 472. The molecule has 1 aliphatic carbocycles. The van der Waals surface area contributed by atoms with E-state index in [1.54, 1.807) is 0 Å². The summed E-state index contributed by atoms with van der Waals surface area (Å²) >= 11 is 0. The van der Waals surface area contributed by atoms with Crippen molar-refractivity contribution in [3.8, 4) is 0 Å². The molecule has 2 rings (SSSR count). The van der Waals surface area contributed by atoms with Gasteiger partial charge in [0.2, 0.25) is 11.8 Å². The first-order chi connectivity index (χ1) is 9.65. The fraction of sp³-hybridized carbons (Fsp3) is 0.429. The summed E-state index contributed by atoms with van der Waals surface area (Å²) in [5.41, 5.74) is 0.556. The molecule has 0 aromatic heterocycles. The first-order valence-corrected chi connectivity index (χ1v) is 6.69. The van der Waals surface area contributed by atoms with Gasteiger partial charge in [-0.1, -0.05) is 0 Å². The van der Waals surface area contributed by atoms with Crippen LogP contribution in [-0.2, 0) is 9.59 Å². The molecule has 3 N–H and O–H groups in total. The summed E-state index contributed by atoms with van der Waals surface area (Å²) in [7, 11) is 0. The lowest BCUT2D eigenvalue weighted by Crippen LogP contribution is -2.36. The fourth-order valence-electron chi connectivity index (χ4n) is 1.70. The van der Waals surface area contributed by atoms with Gasteiger partial charge in [0.1, 0.15) is 5.82 Å². The van der Waals surface area contributed by atoms with Crippen LogP contribution in [0.2, 0.25) is 0 Å². The van der Waals surface area contributed by atoms with E-state index in [-0.39, 0.29) is 30.1 Å². The smallest absolute Gasteiger partial charge is 0.238 e. The van der Waals surface area contributed by atoms with Crippen molar-refractivity contribution in [3.63, 3.8) is 0 Å². The molecular weight excluding hydrogens is 261 g/mol. The van der Waals surface area contributed by atoms with E-state index in [9.17, 15) is 14.0 Å². The summed E-state index contributed by atoms with van der Waals surface area (Å²) in [6.45, 7) is 1.20. The third kappa shape index (κ3) is 4.97. The van der Waals surface area contributed by atoms with Crippen molar-refractivity contribution < 1.29 is 14.0 Å². The van der Waals surface area contributed by atoms with Gasteiger partial charge in [-0.3, -0.25) is 9.59 Å². The largest absolute Gasteiger partial charge is 0.355 e. The molecule has 0 aliphatic heterocycles. The predicted molar refractivity (Wildman–Crippen MR) is 73.6 cm³/mol. The number of hydrogen-bond donors (Lipinski definition) is 3. The summed E-state index contributed by atoms with van der Waals surface area (Å²) in [5.74, 6) is -0.239. The van der Waals surface area contributed by atoms with Crippen molar-refractivity contribution in [3.05, 3.63) is 30.1 Å². The van der Waals surface area contributed by atoms with Gasteiger partial charge in [-0.25, -0.2) is 4.39 Å². The zero-order valence-corrected chi connectivity index (χ0v) is 11.1. The molecule has 0 saturated heterocycles. The molecule has 0 radical (unpaired) electrons. The Hall–Kier alpha value is -1.95. The third-order valence-electron chi connectivity index (χ3n) is 2.96. The fourth-order valence-corrected chi connectivity index (χ4v) is 1.70. The number of nitrogens with one attached hydrogen (secondary N) is 3. The van der Waals surface area contributed by atoms with E-state index in [1.165, 1.54) is 24.3 Å². The number of carbonyl (C=O) groups is 2. The number of rotatable bonds is 7. The standard InChI is InChI=1S/C14H18FN3O2/c15-11-3-5-12(6-4-11)18-13(19)9-16-7-8-17-14(20)10-1-2-10/h3-6,10,16H,1-2,7-9H2,(H,17,20)(H,18,19). The van der Waals surface area contributed by atoms with Crippen LogP contribution in [-0.4, -0.2) is 31.4 Å². The van der Waals surface area contributed by atoms with Gasteiger partial charge in [0.25, 0.3) is 0 Å². The van der Waals surface area contributed by atoms with Gasteiger partial charge in [-0.05, 0) is 37.1 Å². The van der Waals surface area contributed by atoms with Crippen LogP contribution in [0.4, 0.5) is 10.1 Å². The Kier molecular flexibility index (Phi) is 5.06. The number of halogens is 1. The molecule has 1 aliphatic rings. The minimum Gasteiger partial charge on any atom is -0.355 e. The first kappa shape index (κ1) is 14.5. The van der Waals surface area contributed by atoms with E-state index in [2.05, 4.69) is 16.0 Å². The summed E-state index contributed by atoms with van der Waals surface area (Å²) in [6, 6.07) is 5.58. The van der Waals surface area contributed by atoms with Gasteiger partial charge >= 0.3 is 0 Å². The van der Waals surface area contributed by atoms with Crippen LogP contribution in [0.3, 0.4) is 0 Å². The van der Waals surface area contributed by atoms with Gasteiger partial charge in [0.15, 0.2) is 0 Å². The number of amides is 2. The Morgan fingerprint density at radius 2 is 1.85 bits per heavy atom. The number of hydrogen-bond acceptors (Lipinski definition) is 3. The summed E-state index contributed by atoms with van der Waals surface area (Å²) in [6.07, 6.45) is 1.97. The van der Waals surface area contributed by atoms with E-state index in [4.69, 9.17) is 0 Å². The molecule has 2 amide bonds. The zero-order chi connectivity index (χ0) is 14.4. The molecule has 0 atom stereocenters. The highest BCUT2D eigenvalue weighted by Crippen LogP contribution is 2.28. The van der Waals surface area contributed by atoms with Crippen LogP contribution in [0.25, 0.3) is 0 Å². The Morgan fingerprint density at radius 1 is 1.15 bits per heavy atom. The van der Waals surface area contributed by atoms with Gasteiger partial charge in [0, 0.05) is 24.7 Å². The maximum Gasteiger partial charge on any atom is 0.238 e. The SMILES string of the molecule is O=C(CNCCNC(=O)C1CC1)Nc1ccc(F)cc1. The summed E-state index contributed by atoms with van der Waals surface area (Å²) in [5, 5.41) is 8.37. The van der Waals surface area contributed by atoms with E-state index in [0.29, 0.717) is 18.8 Å². The quantitative estimate of drug-likeness (QED) is 0.649. The molecule has 1 aromatic carbocycles. The van der Waals surface area contributed by atoms with Crippen LogP contribution in [0, 0.1) is 11.7 Å². The van der Waals surface area contributed by atoms with Gasteiger partial charge in [-0.15, -0.1) is 0 Å². The van der Waals surface area contributed by atoms with Crippen molar-refractivity contribution in [1.82, 2.24) is 10.6 Å². The Morgan fingerprint density at radius 3 is 2.50 bits per heavy atom. The second-order valence-electron chi connectivity index (χ2n) is 4.80. The number of anilines is 1. The second-order valence-corrected chi connectivity index (χ2v) is 4.80. The lowest BCUT2D eigenvalue weighted by molar-refractivity contribution is -0.122. The maximum atomic E-state index is 12.7. The van der Waals surface area contributed by atoms with Crippen molar-refractivity contribution >= 4 is 17.5 Å².